The molecule has 32 heavy (non-hydrogen) atoms. The first-order valence-electron chi connectivity index (χ1n) is 10.0. The predicted molar refractivity (Wildman–Crippen MR) is 124 cm³/mol. The second-order valence-electron chi connectivity index (χ2n) is 7.52. The molecule has 1 atom stereocenters. The number of hydrogen-bond donors (Lipinski definition) is 1. The van der Waals surface area contributed by atoms with Gasteiger partial charge in [0.1, 0.15) is 23.5 Å². The molecule has 0 radical (unpaired) electrons. The van der Waals surface area contributed by atoms with Gasteiger partial charge in [-0.05, 0) is 36.8 Å². The number of benzene rings is 1. The van der Waals surface area contributed by atoms with Gasteiger partial charge in [-0.15, -0.1) is 11.3 Å². The molecule has 0 aliphatic heterocycles. The van der Waals surface area contributed by atoms with Gasteiger partial charge in [-0.25, -0.2) is 9.37 Å². The van der Waals surface area contributed by atoms with Crippen LogP contribution in [0.4, 0.5) is 16.0 Å². The van der Waals surface area contributed by atoms with Crippen molar-refractivity contribution in [2.24, 2.45) is 7.05 Å². The quantitative estimate of drug-likeness (QED) is 0.459. The van der Waals surface area contributed by atoms with Gasteiger partial charge in [0.2, 0.25) is 5.91 Å². The molecule has 1 amide bonds. The third kappa shape index (κ3) is 4.83. The maximum absolute atomic E-state index is 13.4. The molecule has 3 aromatic heterocycles. The molecule has 0 fully saturated rings. The third-order valence-electron chi connectivity index (χ3n) is 5.22. The van der Waals surface area contributed by atoms with Crippen LogP contribution in [0.15, 0.2) is 59.6 Å². The highest BCUT2D eigenvalue weighted by atomic mass is 32.1. The molecule has 0 spiro atoms. The summed E-state index contributed by atoms with van der Waals surface area (Å²) in [6, 6.07) is 11.3. The highest BCUT2D eigenvalue weighted by molar-refractivity contribution is 7.07. The highest BCUT2D eigenvalue weighted by Gasteiger charge is 2.26. The molecule has 164 valence electrons. The summed E-state index contributed by atoms with van der Waals surface area (Å²) in [6.07, 6.45) is 2.13. The second-order valence-corrected chi connectivity index (χ2v) is 8.24. The van der Waals surface area contributed by atoms with Crippen molar-refractivity contribution in [1.82, 2.24) is 19.7 Å². The van der Waals surface area contributed by atoms with E-state index in [2.05, 4.69) is 20.4 Å². The number of likely N-dealkylation sites (N-methyl/N-ethyl adjacent to an activating group) is 1. The van der Waals surface area contributed by atoms with Crippen LogP contribution in [0.5, 0.6) is 0 Å². The highest BCUT2D eigenvalue weighted by Crippen LogP contribution is 2.23. The summed E-state index contributed by atoms with van der Waals surface area (Å²) in [5.41, 5.74) is 5.14. The molecule has 3 heterocycles. The average molecular weight is 451 g/mol. The molecule has 0 aliphatic carbocycles. The number of carbonyl (C=O) groups is 1. The fraction of sp³-hybridized carbons (Fsp3) is 0.217. The molecule has 4 aromatic rings. The molecule has 9 heteroatoms. The second kappa shape index (κ2) is 9.27. The summed E-state index contributed by atoms with van der Waals surface area (Å²) in [5.74, 6) is 0.770. The zero-order valence-corrected chi connectivity index (χ0v) is 18.8. The van der Waals surface area contributed by atoms with Crippen molar-refractivity contribution in [2.45, 2.75) is 19.4 Å². The summed E-state index contributed by atoms with van der Waals surface area (Å²) < 4.78 is 15.0. The lowest BCUT2D eigenvalue weighted by Gasteiger charge is -2.27. The maximum Gasteiger partial charge on any atom is 0.248 e. The Hall–Kier alpha value is -3.59. The number of amides is 1. The lowest BCUT2D eigenvalue weighted by atomic mass is 10.0. The zero-order chi connectivity index (χ0) is 22.7. The molecule has 0 unspecified atom stereocenters. The van der Waals surface area contributed by atoms with E-state index >= 15 is 0 Å². The standard InChI is InChI=1S/C23H23FN6OS/c1-15-10-17(8-9-25-15)19-12-21(30(3)28-19)27-23(31)20(29(2)22-13-32-14-26-22)11-16-4-6-18(24)7-5-16/h4-10,12-14,20H,11H2,1-3H3,(H,27,31)/t20-/m0/s1. The fourth-order valence-corrected chi connectivity index (χ4v) is 4.01. The smallest absolute Gasteiger partial charge is 0.248 e. The number of aromatic nitrogens is 4. The van der Waals surface area contributed by atoms with Crippen molar-refractivity contribution >= 4 is 28.9 Å². The summed E-state index contributed by atoms with van der Waals surface area (Å²) in [5, 5.41) is 9.41. The average Bonchev–Trinajstić information content (AvgIpc) is 3.43. The Morgan fingerprint density at radius 3 is 2.69 bits per heavy atom. The van der Waals surface area contributed by atoms with E-state index in [-0.39, 0.29) is 11.7 Å². The first-order chi connectivity index (χ1) is 15.4. The number of thiazole rings is 1. The van der Waals surface area contributed by atoms with Crippen molar-refractivity contribution in [1.29, 1.82) is 0 Å². The van der Waals surface area contributed by atoms with Gasteiger partial charge in [-0.1, -0.05) is 12.1 Å². The molecule has 0 saturated heterocycles. The Morgan fingerprint density at radius 1 is 1.22 bits per heavy atom. The fourth-order valence-electron chi connectivity index (χ4n) is 3.43. The van der Waals surface area contributed by atoms with Gasteiger partial charge in [-0.3, -0.25) is 14.5 Å². The molecule has 4 rings (SSSR count). The first kappa shape index (κ1) is 21.6. The Bertz CT molecular complexity index is 1210. The summed E-state index contributed by atoms with van der Waals surface area (Å²) in [7, 11) is 3.61. The number of hydrogen-bond acceptors (Lipinski definition) is 6. The van der Waals surface area contributed by atoms with E-state index in [0.717, 1.165) is 22.5 Å². The van der Waals surface area contributed by atoms with Crippen LogP contribution < -0.4 is 10.2 Å². The molecule has 7 nitrogen and oxygen atoms in total. The van der Waals surface area contributed by atoms with Gasteiger partial charge in [0, 0.05) is 49.4 Å². The van der Waals surface area contributed by atoms with Gasteiger partial charge >= 0.3 is 0 Å². The number of aryl methyl sites for hydroxylation is 2. The van der Waals surface area contributed by atoms with Gasteiger partial charge < -0.3 is 10.2 Å². The summed E-state index contributed by atoms with van der Waals surface area (Å²) in [4.78, 5) is 23.8. The normalized spacial score (nSPS) is 11.9. The number of nitrogens with zero attached hydrogens (tertiary/aromatic N) is 5. The van der Waals surface area contributed by atoms with Crippen LogP contribution in [0, 0.1) is 12.7 Å². The maximum atomic E-state index is 13.4. The van der Waals surface area contributed by atoms with Gasteiger partial charge in [0.25, 0.3) is 0 Å². The van der Waals surface area contributed by atoms with Gasteiger partial charge in [-0.2, -0.15) is 5.10 Å². The summed E-state index contributed by atoms with van der Waals surface area (Å²) >= 11 is 1.46. The SMILES string of the molecule is Cc1cc(-c2cc(NC(=O)[C@H](Cc3ccc(F)cc3)N(C)c3cscn3)n(C)n2)ccn1. The lowest BCUT2D eigenvalue weighted by molar-refractivity contribution is -0.117. The molecular formula is C23H23FN6OS. The van der Waals surface area contributed by atoms with E-state index in [0.29, 0.717) is 18.1 Å². The van der Waals surface area contributed by atoms with Crippen LogP contribution in [0.3, 0.4) is 0 Å². The Labute approximate surface area is 189 Å². The first-order valence-corrected chi connectivity index (χ1v) is 11.0. The molecule has 0 saturated carbocycles. The van der Waals surface area contributed by atoms with E-state index in [1.54, 1.807) is 35.6 Å². The van der Waals surface area contributed by atoms with E-state index < -0.39 is 6.04 Å². The zero-order valence-electron chi connectivity index (χ0n) is 18.0. The number of anilines is 2. The minimum absolute atomic E-state index is 0.203. The van der Waals surface area contributed by atoms with Crippen LogP contribution >= 0.6 is 11.3 Å². The number of carbonyl (C=O) groups excluding carboxylic acids is 1. The minimum atomic E-state index is -0.552. The number of rotatable bonds is 7. The minimum Gasteiger partial charge on any atom is -0.347 e. The van der Waals surface area contributed by atoms with Crippen LogP contribution in [-0.2, 0) is 18.3 Å². The van der Waals surface area contributed by atoms with Gasteiger partial charge in [0.15, 0.2) is 0 Å². The van der Waals surface area contributed by atoms with E-state index in [9.17, 15) is 9.18 Å². The number of nitrogens with one attached hydrogen (secondary N) is 1. The molecule has 1 N–H and O–H groups in total. The van der Waals surface area contributed by atoms with Crippen molar-refractivity contribution in [3.63, 3.8) is 0 Å². The number of pyridine rings is 1. The lowest BCUT2D eigenvalue weighted by Crippen LogP contribution is -2.44. The van der Waals surface area contributed by atoms with Crippen molar-refractivity contribution in [3.8, 4) is 11.3 Å². The van der Waals surface area contributed by atoms with Crippen molar-refractivity contribution < 1.29 is 9.18 Å². The van der Waals surface area contributed by atoms with Gasteiger partial charge in [0.05, 0.1) is 11.2 Å². The topological polar surface area (TPSA) is 75.9 Å². The number of halogens is 1. The predicted octanol–water partition coefficient (Wildman–Crippen LogP) is 4.07. The van der Waals surface area contributed by atoms with Crippen molar-refractivity contribution in [3.05, 3.63) is 76.6 Å². The van der Waals surface area contributed by atoms with Crippen LogP contribution in [0.2, 0.25) is 0 Å². The third-order valence-corrected chi connectivity index (χ3v) is 5.79. The van der Waals surface area contributed by atoms with E-state index in [4.69, 9.17) is 0 Å². The Morgan fingerprint density at radius 2 is 2.00 bits per heavy atom. The monoisotopic (exact) mass is 450 g/mol. The largest absolute Gasteiger partial charge is 0.347 e. The van der Waals surface area contributed by atoms with Crippen LogP contribution in [0.1, 0.15) is 11.3 Å². The Balaban J connectivity index is 1.59. The molecule has 0 aliphatic rings. The van der Waals surface area contributed by atoms with E-state index in [1.807, 2.05) is 42.5 Å². The summed E-state index contributed by atoms with van der Waals surface area (Å²) in [6.45, 7) is 1.92. The van der Waals surface area contributed by atoms with Crippen LogP contribution in [-0.4, -0.2) is 38.7 Å². The van der Waals surface area contributed by atoms with Crippen molar-refractivity contribution in [2.75, 3.05) is 17.3 Å². The molecular weight excluding hydrogens is 427 g/mol. The van der Waals surface area contributed by atoms with E-state index in [1.165, 1.54) is 23.5 Å². The molecule has 0 bridgehead atoms. The molecule has 1 aromatic carbocycles. The van der Waals surface area contributed by atoms with Crippen LogP contribution in [0.25, 0.3) is 11.3 Å². The Kier molecular flexibility index (Phi) is 6.27.